The van der Waals surface area contributed by atoms with Crippen LogP contribution in [0.25, 0.3) is 0 Å². The summed E-state index contributed by atoms with van der Waals surface area (Å²) in [5, 5.41) is 9.02. The van der Waals surface area contributed by atoms with Gasteiger partial charge in [-0.2, -0.15) is 0 Å². The molecular weight excluding hydrogens is 290 g/mol. The Kier molecular flexibility index (Phi) is 4.13. The maximum Gasteiger partial charge on any atom is 0.335 e. The van der Waals surface area contributed by atoms with E-state index in [1.807, 2.05) is 6.07 Å². The summed E-state index contributed by atoms with van der Waals surface area (Å²) in [4.78, 5) is 13.6. The average molecular weight is 317 g/mol. The molecule has 3 rings (SSSR count). The van der Waals surface area contributed by atoms with Crippen LogP contribution < -0.4 is 4.74 Å². The lowest BCUT2D eigenvalue weighted by atomic mass is 9.65. The van der Waals surface area contributed by atoms with E-state index < -0.39 is 5.97 Å². The molecule has 1 aliphatic heterocycles. The third-order valence-corrected chi connectivity index (χ3v) is 5.25. The molecule has 126 valence electrons. The van der Waals surface area contributed by atoms with E-state index in [9.17, 15) is 4.79 Å². The van der Waals surface area contributed by atoms with Gasteiger partial charge in [0, 0.05) is 19.1 Å². The average Bonchev–Trinajstić information content (AvgIpc) is 2.68. The molecule has 1 aromatic rings. The molecule has 23 heavy (non-hydrogen) atoms. The van der Waals surface area contributed by atoms with E-state index in [1.54, 1.807) is 18.2 Å². The summed E-state index contributed by atoms with van der Waals surface area (Å²) in [6, 6.07) is 7.39. The third-order valence-electron chi connectivity index (χ3n) is 5.25. The molecule has 1 N–H and O–H groups in total. The zero-order valence-corrected chi connectivity index (χ0v) is 14.3. The van der Waals surface area contributed by atoms with Gasteiger partial charge < -0.3 is 9.84 Å². The largest absolute Gasteiger partial charge is 0.492 e. The standard InChI is InChI=1S/C19H27NO3/c1-18(2)10-15-11-19(3,12-18)13-20(15)7-8-23-16-6-4-5-14(9-16)17(21)22/h4-6,9,15H,7-8,10-13H2,1-3H3,(H,21,22). The predicted molar refractivity (Wildman–Crippen MR) is 90.0 cm³/mol. The Labute approximate surface area is 138 Å². The van der Waals surface area contributed by atoms with Crippen molar-refractivity contribution < 1.29 is 14.6 Å². The van der Waals surface area contributed by atoms with Crippen LogP contribution in [0.2, 0.25) is 0 Å². The minimum Gasteiger partial charge on any atom is -0.492 e. The summed E-state index contributed by atoms with van der Waals surface area (Å²) in [6.07, 6.45) is 3.86. The van der Waals surface area contributed by atoms with E-state index in [0.29, 0.717) is 29.2 Å². The van der Waals surface area contributed by atoms with Crippen molar-refractivity contribution in [2.75, 3.05) is 19.7 Å². The Bertz CT molecular complexity index is 598. The molecule has 1 heterocycles. The Morgan fingerprint density at radius 1 is 1.35 bits per heavy atom. The Balaban J connectivity index is 1.56. The van der Waals surface area contributed by atoms with Crippen LogP contribution in [0.1, 0.15) is 50.4 Å². The summed E-state index contributed by atoms with van der Waals surface area (Å²) in [5.74, 6) is -0.280. The van der Waals surface area contributed by atoms with Gasteiger partial charge in [0.05, 0.1) is 5.56 Å². The molecule has 2 unspecified atom stereocenters. The number of carboxylic acids is 1. The van der Waals surface area contributed by atoms with E-state index >= 15 is 0 Å². The van der Waals surface area contributed by atoms with E-state index in [0.717, 1.165) is 13.1 Å². The number of hydrogen-bond acceptors (Lipinski definition) is 3. The SMILES string of the molecule is CC1(C)CC2CC(C)(CN2CCOc2cccc(C(=O)O)c2)C1. The zero-order chi connectivity index (χ0) is 16.7. The number of likely N-dealkylation sites (tertiary alicyclic amines) is 1. The second kappa shape index (κ2) is 5.82. The monoisotopic (exact) mass is 317 g/mol. The Morgan fingerprint density at radius 3 is 2.87 bits per heavy atom. The molecule has 4 heteroatoms. The molecule has 4 nitrogen and oxygen atoms in total. The highest BCUT2D eigenvalue weighted by Crippen LogP contribution is 2.52. The molecule has 2 fully saturated rings. The molecule has 1 saturated carbocycles. The molecular formula is C19H27NO3. The normalized spacial score (nSPS) is 29.4. The lowest BCUT2D eigenvalue weighted by molar-refractivity contribution is 0.0696. The lowest BCUT2D eigenvalue weighted by Gasteiger charge is -2.39. The van der Waals surface area contributed by atoms with Crippen molar-refractivity contribution >= 4 is 5.97 Å². The van der Waals surface area contributed by atoms with Crippen LogP contribution in [0.15, 0.2) is 24.3 Å². The number of carbonyl (C=O) groups is 1. The Morgan fingerprint density at radius 2 is 2.13 bits per heavy atom. The highest BCUT2D eigenvalue weighted by molar-refractivity contribution is 5.87. The van der Waals surface area contributed by atoms with Gasteiger partial charge in [0.2, 0.25) is 0 Å². The van der Waals surface area contributed by atoms with Gasteiger partial charge in [0.15, 0.2) is 0 Å². The van der Waals surface area contributed by atoms with Gasteiger partial charge in [-0.1, -0.05) is 26.8 Å². The van der Waals surface area contributed by atoms with Crippen LogP contribution in [-0.4, -0.2) is 41.7 Å². The van der Waals surface area contributed by atoms with Gasteiger partial charge in [-0.25, -0.2) is 4.79 Å². The van der Waals surface area contributed by atoms with E-state index in [1.165, 1.54) is 19.3 Å². The van der Waals surface area contributed by atoms with Gasteiger partial charge in [-0.15, -0.1) is 0 Å². The van der Waals surface area contributed by atoms with Gasteiger partial charge in [0.1, 0.15) is 12.4 Å². The van der Waals surface area contributed by atoms with Crippen LogP contribution in [0.5, 0.6) is 5.75 Å². The van der Waals surface area contributed by atoms with Gasteiger partial charge >= 0.3 is 5.97 Å². The maximum atomic E-state index is 11.0. The first-order valence-electron chi connectivity index (χ1n) is 8.47. The second-order valence-corrected chi connectivity index (χ2v) is 8.37. The van der Waals surface area contributed by atoms with Crippen molar-refractivity contribution in [3.05, 3.63) is 29.8 Å². The molecule has 0 radical (unpaired) electrons. The molecule has 1 saturated heterocycles. The molecule has 2 bridgehead atoms. The highest BCUT2D eigenvalue weighted by atomic mass is 16.5. The minimum atomic E-state index is -0.918. The first-order chi connectivity index (χ1) is 10.8. The van der Waals surface area contributed by atoms with Gasteiger partial charge in [-0.05, 0) is 48.3 Å². The lowest BCUT2D eigenvalue weighted by Crippen LogP contribution is -2.36. The fourth-order valence-corrected chi connectivity index (χ4v) is 4.84. The third kappa shape index (κ3) is 3.69. The van der Waals surface area contributed by atoms with E-state index in [4.69, 9.17) is 9.84 Å². The summed E-state index contributed by atoms with van der Waals surface area (Å²) >= 11 is 0. The molecule has 2 atom stereocenters. The number of nitrogens with zero attached hydrogens (tertiary/aromatic N) is 1. The quantitative estimate of drug-likeness (QED) is 0.900. The van der Waals surface area contributed by atoms with Crippen molar-refractivity contribution in [2.24, 2.45) is 10.8 Å². The fraction of sp³-hybridized carbons (Fsp3) is 0.632. The topological polar surface area (TPSA) is 49.8 Å². The molecule has 1 aliphatic carbocycles. The zero-order valence-electron chi connectivity index (χ0n) is 14.3. The van der Waals surface area contributed by atoms with Crippen molar-refractivity contribution in [1.82, 2.24) is 4.90 Å². The van der Waals surface area contributed by atoms with E-state index in [2.05, 4.69) is 25.7 Å². The van der Waals surface area contributed by atoms with Gasteiger partial charge in [-0.3, -0.25) is 4.90 Å². The fourth-order valence-electron chi connectivity index (χ4n) is 4.84. The predicted octanol–water partition coefficient (Wildman–Crippen LogP) is 3.66. The van der Waals surface area contributed by atoms with Crippen LogP contribution in [0.4, 0.5) is 0 Å². The van der Waals surface area contributed by atoms with Crippen LogP contribution in [0.3, 0.4) is 0 Å². The second-order valence-electron chi connectivity index (χ2n) is 8.37. The first-order valence-corrected chi connectivity index (χ1v) is 8.47. The minimum absolute atomic E-state index is 0.272. The number of carboxylic acid groups (broad SMARTS) is 1. The van der Waals surface area contributed by atoms with Gasteiger partial charge in [0.25, 0.3) is 0 Å². The molecule has 1 aromatic carbocycles. The Hall–Kier alpha value is -1.55. The molecule has 0 amide bonds. The van der Waals surface area contributed by atoms with Crippen molar-refractivity contribution in [2.45, 2.75) is 46.1 Å². The van der Waals surface area contributed by atoms with Crippen LogP contribution in [-0.2, 0) is 0 Å². The maximum absolute atomic E-state index is 11.0. The van der Waals surface area contributed by atoms with E-state index in [-0.39, 0.29) is 5.56 Å². The van der Waals surface area contributed by atoms with Crippen LogP contribution >= 0.6 is 0 Å². The highest BCUT2D eigenvalue weighted by Gasteiger charge is 2.49. The number of fused-ring (bicyclic) bond motifs is 2. The van der Waals surface area contributed by atoms with Crippen molar-refractivity contribution in [1.29, 1.82) is 0 Å². The summed E-state index contributed by atoms with van der Waals surface area (Å²) in [6.45, 7) is 9.85. The van der Waals surface area contributed by atoms with Crippen molar-refractivity contribution in [3.63, 3.8) is 0 Å². The summed E-state index contributed by atoms with van der Waals surface area (Å²) < 4.78 is 5.79. The molecule has 2 aliphatic rings. The molecule has 0 aromatic heterocycles. The number of aromatic carboxylic acids is 1. The number of ether oxygens (including phenoxy) is 1. The van der Waals surface area contributed by atoms with Crippen LogP contribution in [0, 0.1) is 10.8 Å². The smallest absolute Gasteiger partial charge is 0.335 e. The molecule has 0 spiro atoms. The first kappa shape index (κ1) is 16.3. The number of benzene rings is 1. The summed E-state index contributed by atoms with van der Waals surface area (Å²) in [5.41, 5.74) is 1.15. The number of hydrogen-bond donors (Lipinski definition) is 1. The van der Waals surface area contributed by atoms with Crippen molar-refractivity contribution in [3.8, 4) is 5.75 Å². The number of rotatable bonds is 5. The summed E-state index contributed by atoms with van der Waals surface area (Å²) in [7, 11) is 0.